The Morgan fingerprint density at radius 2 is 2.11 bits per heavy atom. The van der Waals surface area contributed by atoms with E-state index in [1.54, 1.807) is 0 Å². The number of aryl methyl sites for hydroxylation is 3. The summed E-state index contributed by atoms with van der Waals surface area (Å²) in [6.45, 7) is 10.3. The topological polar surface area (TPSA) is 47.7 Å². The molecule has 2 rings (SSSR count). The van der Waals surface area contributed by atoms with Crippen molar-refractivity contribution in [2.24, 2.45) is 0 Å². The summed E-state index contributed by atoms with van der Waals surface area (Å²) >= 11 is 0. The minimum Gasteiger partial charge on any atom is -0.356 e. The minimum absolute atomic E-state index is 0.431. The van der Waals surface area contributed by atoms with Gasteiger partial charge in [0.15, 0.2) is 0 Å². The third-order valence-electron chi connectivity index (χ3n) is 3.16. The van der Waals surface area contributed by atoms with Gasteiger partial charge in [0.2, 0.25) is 5.95 Å². The average Bonchev–Trinajstić information content (AvgIpc) is 2.91. The lowest BCUT2D eigenvalue weighted by molar-refractivity contribution is 0.567. The van der Waals surface area contributed by atoms with Crippen LogP contribution in [0.15, 0.2) is 18.5 Å². The normalized spacial score (nSPS) is 11.2. The van der Waals surface area contributed by atoms with Gasteiger partial charge in [0, 0.05) is 37.2 Å². The van der Waals surface area contributed by atoms with Gasteiger partial charge in [-0.2, -0.15) is 5.10 Å². The Kier molecular flexibility index (Phi) is 4.24. The van der Waals surface area contributed by atoms with Crippen LogP contribution < -0.4 is 5.32 Å². The third kappa shape index (κ3) is 3.36. The van der Waals surface area contributed by atoms with Crippen molar-refractivity contribution >= 4 is 5.95 Å². The van der Waals surface area contributed by atoms with Crippen molar-refractivity contribution in [1.82, 2.24) is 19.3 Å². The molecule has 0 bridgehead atoms. The zero-order valence-electron chi connectivity index (χ0n) is 12.2. The highest BCUT2D eigenvalue weighted by atomic mass is 15.3. The van der Waals surface area contributed by atoms with Crippen LogP contribution in [0.1, 0.15) is 37.7 Å². The second kappa shape index (κ2) is 5.91. The maximum atomic E-state index is 4.46. The number of hydrogen-bond donors (Lipinski definition) is 1. The van der Waals surface area contributed by atoms with Crippen LogP contribution in [-0.2, 0) is 6.54 Å². The molecular weight excluding hydrogens is 238 g/mol. The van der Waals surface area contributed by atoms with Crippen molar-refractivity contribution in [3.63, 3.8) is 0 Å². The van der Waals surface area contributed by atoms with Gasteiger partial charge in [-0.25, -0.2) is 4.98 Å². The van der Waals surface area contributed by atoms with E-state index in [-0.39, 0.29) is 0 Å². The summed E-state index contributed by atoms with van der Waals surface area (Å²) in [5.74, 6) is 0.948. The number of rotatable bonds is 6. The fourth-order valence-electron chi connectivity index (χ4n) is 2.20. The first-order valence-corrected chi connectivity index (χ1v) is 6.85. The Bertz CT molecular complexity index is 524. The molecule has 0 amide bonds. The van der Waals surface area contributed by atoms with Gasteiger partial charge in [0.25, 0.3) is 0 Å². The summed E-state index contributed by atoms with van der Waals surface area (Å²) in [5.41, 5.74) is 2.31. The maximum Gasteiger partial charge on any atom is 0.203 e. The predicted octanol–water partition coefficient (Wildman–Crippen LogP) is 2.78. The molecule has 2 aromatic heterocycles. The smallest absolute Gasteiger partial charge is 0.203 e. The second-order valence-corrected chi connectivity index (χ2v) is 5.18. The van der Waals surface area contributed by atoms with Crippen molar-refractivity contribution < 1.29 is 0 Å². The van der Waals surface area contributed by atoms with Gasteiger partial charge in [-0.15, -0.1) is 0 Å². The van der Waals surface area contributed by atoms with E-state index in [9.17, 15) is 0 Å². The summed E-state index contributed by atoms with van der Waals surface area (Å²) in [6.07, 6.45) is 4.88. The minimum atomic E-state index is 0.431. The van der Waals surface area contributed by atoms with Crippen LogP contribution in [0, 0.1) is 13.8 Å². The molecule has 0 saturated heterocycles. The van der Waals surface area contributed by atoms with Gasteiger partial charge in [-0.1, -0.05) is 0 Å². The van der Waals surface area contributed by atoms with E-state index in [1.807, 2.05) is 19.3 Å². The zero-order chi connectivity index (χ0) is 13.8. The van der Waals surface area contributed by atoms with E-state index < -0.39 is 0 Å². The van der Waals surface area contributed by atoms with Crippen LogP contribution in [-0.4, -0.2) is 25.9 Å². The van der Waals surface area contributed by atoms with Crippen LogP contribution in [0.2, 0.25) is 0 Å². The van der Waals surface area contributed by atoms with Gasteiger partial charge >= 0.3 is 0 Å². The van der Waals surface area contributed by atoms with E-state index in [0.29, 0.717) is 6.04 Å². The number of hydrogen-bond acceptors (Lipinski definition) is 3. The molecule has 0 fully saturated rings. The van der Waals surface area contributed by atoms with Crippen molar-refractivity contribution in [2.45, 2.75) is 46.7 Å². The lowest BCUT2D eigenvalue weighted by Gasteiger charge is -2.12. The molecular formula is C14H23N5. The summed E-state index contributed by atoms with van der Waals surface area (Å²) in [7, 11) is 0. The van der Waals surface area contributed by atoms with Gasteiger partial charge in [-0.05, 0) is 40.2 Å². The van der Waals surface area contributed by atoms with Crippen molar-refractivity contribution in [2.75, 3.05) is 11.9 Å². The first-order chi connectivity index (χ1) is 9.08. The SMILES string of the molecule is Cc1cc(C)n(CCCNc2nccn2C(C)C)n1. The molecule has 104 valence electrons. The number of nitrogens with zero attached hydrogens (tertiary/aromatic N) is 4. The van der Waals surface area contributed by atoms with Crippen LogP contribution in [0.3, 0.4) is 0 Å². The Balaban J connectivity index is 1.81. The molecule has 0 aliphatic rings. The molecule has 19 heavy (non-hydrogen) atoms. The fourth-order valence-corrected chi connectivity index (χ4v) is 2.20. The van der Waals surface area contributed by atoms with E-state index >= 15 is 0 Å². The molecule has 0 saturated carbocycles. The Labute approximate surface area is 114 Å². The van der Waals surface area contributed by atoms with E-state index in [0.717, 1.165) is 31.2 Å². The molecule has 2 heterocycles. The molecule has 0 spiro atoms. The number of imidazole rings is 1. The molecule has 1 N–H and O–H groups in total. The van der Waals surface area contributed by atoms with Crippen molar-refractivity contribution in [1.29, 1.82) is 0 Å². The molecule has 5 heteroatoms. The predicted molar refractivity (Wildman–Crippen MR) is 77.4 cm³/mol. The lowest BCUT2D eigenvalue weighted by Crippen LogP contribution is -2.12. The van der Waals surface area contributed by atoms with Crippen LogP contribution >= 0.6 is 0 Å². The van der Waals surface area contributed by atoms with Crippen LogP contribution in [0.25, 0.3) is 0 Å². The Morgan fingerprint density at radius 3 is 2.74 bits per heavy atom. The highest BCUT2D eigenvalue weighted by Crippen LogP contribution is 2.12. The van der Waals surface area contributed by atoms with Gasteiger partial charge in [0.1, 0.15) is 0 Å². The highest BCUT2D eigenvalue weighted by Gasteiger charge is 2.05. The van der Waals surface area contributed by atoms with Gasteiger partial charge in [0.05, 0.1) is 5.69 Å². The maximum absolute atomic E-state index is 4.46. The second-order valence-electron chi connectivity index (χ2n) is 5.18. The molecule has 5 nitrogen and oxygen atoms in total. The molecule has 2 aromatic rings. The lowest BCUT2D eigenvalue weighted by atomic mass is 10.4. The van der Waals surface area contributed by atoms with Gasteiger partial charge < -0.3 is 9.88 Å². The standard InChI is InChI=1S/C14H23N5/c1-11(2)18-9-7-16-14(18)15-6-5-8-19-13(4)10-12(3)17-19/h7,9-11H,5-6,8H2,1-4H3,(H,15,16). The molecule has 0 atom stereocenters. The number of aromatic nitrogens is 4. The van der Waals surface area contributed by atoms with Gasteiger partial charge in [-0.3, -0.25) is 4.68 Å². The molecule has 0 aliphatic carbocycles. The number of nitrogens with one attached hydrogen (secondary N) is 1. The summed E-state index contributed by atoms with van der Waals surface area (Å²) in [6, 6.07) is 2.54. The molecule has 0 unspecified atom stereocenters. The van der Waals surface area contributed by atoms with E-state index in [4.69, 9.17) is 0 Å². The van der Waals surface area contributed by atoms with Crippen LogP contribution in [0.4, 0.5) is 5.95 Å². The Hall–Kier alpha value is -1.78. The third-order valence-corrected chi connectivity index (χ3v) is 3.16. The van der Waals surface area contributed by atoms with Crippen LogP contribution in [0.5, 0.6) is 0 Å². The highest BCUT2D eigenvalue weighted by molar-refractivity contribution is 5.26. The Morgan fingerprint density at radius 1 is 1.32 bits per heavy atom. The average molecular weight is 261 g/mol. The van der Waals surface area contributed by atoms with Crippen molar-refractivity contribution in [3.05, 3.63) is 29.8 Å². The molecule has 0 aromatic carbocycles. The summed E-state index contributed by atoms with van der Waals surface area (Å²) < 4.78 is 4.20. The van der Waals surface area contributed by atoms with Crippen molar-refractivity contribution in [3.8, 4) is 0 Å². The zero-order valence-corrected chi connectivity index (χ0v) is 12.2. The summed E-state index contributed by atoms with van der Waals surface area (Å²) in [4.78, 5) is 4.33. The van der Waals surface area contributed by atoms with E-state index in [1.165, 1.54) is 5.69 Å². The first kappa shape index (κ1) is 13.6. The first-order valence-electron chi connectivity index (χ1n) is 6.85. The fraction of sp³-hybridized carbons (Fsp3) is 0.571. The monoisotopic (exact) mass is 261 g/mol. The number of anilines is 1. The van der Waals surface area contributed by atoms with E-state index in [2.05, 4.69) is 51.5 Å². The molecule has 0 aliphatic heterocycles. The summed E-state index contributed by atoms with van der Waals surface area (Å²) in [5, 5.41) is 7.84. The largest absolute Gasteiger partial charge is 0.356 e. The quantitative estimate of drug-likeness (QED) is 0.813. The molecule has 0 radical (unpaired) electrons.